The molecule has 1 aromatic rings. The molecule has 0 unspecified atom stereocenters. The van der Waals surface area contributed by atoms with Gasteiger partial charge < -0.3 is 15.7 Å². The van der Waals surface area contributed by atoms with Crippen LogP contribution in [0.1, 0.15) is 70.5 Å². The lowest BCUT2D eigenvalue weighted by atomic mass is 9.72. The van der Waals surface area contributed by atoms with E-state index < -0.39 is 0 Å². The van der Waals surface area contributed by atoms with Gasteiger partial charge in [-0.2, -0.15) is 5.10 Å². The minimum Gasteiger partial charge on any atom is -0.396 e. The van der Waals surface area contributed by atoms with Gasteiger partial charge in [0.25, 0.3) is 0 Å². The zero-order valence-corrected chi connectivity index (χ0v) is 18.0. The molecule has 8 heteroatoms. The minimum absolute atomic E-state index is 0.0310. The van der Waals surface area contributed by atoms with Crippen LogP contribution >= 0.6 is 0 Å². The lowest BCUT2D eigenvalue weighted by Gasteiger charge is -2.35. The fourth-order valence-electron chi connectivity index (χ4n) is 4.64. The fraction of sp³-hybridized carbons (Fsp3) is 0.857. The van der Waals surface area contributed by atoms with E-state index in [0.29, 0.717) is 6.54 Å². The van der Waals surface area contributed by atoms with E-state index in [1.165, 1.54) is 19.3 Å². The summed E-state index contributed by atoms with van der Waals surface area (Å²) in [7, 11) is 0. The van der Waals surface area contributed by atoms with Gasteiger partial charge in [-0.1, -0.05) is 19.3 Å². The zero-order chi connectivity index (χ0) is 20.5. The first kappa shape index (κ1) is 21.9. The number of aliphatic hydroxyl groups is 1. The predicted octanol–water partition coefficient (Wildman–Crippen LogP) is 1.66. The Kier molecular flexibility index (Phi) is 8.15. The average Bonchev–Trinajstić information content (AvgIpc) is 3.06. The number of aromatic nitrogens is 3. The van der Waals surface area contributed by atoms with Gasteiger partial charge in [-0.15, -0.1) is 0 Å². The van der Waals surface area contributed by atoms with Gasteiger partial charge in [-0.05, 0) is 50.9 Å². The van der Waals surface area contributed by atoms with Crippen molar-refractivity contribution >= 4 is 5.96 Å². The molecule has 2 heterocycles. The third-order valence-corrected chi connectivity index (χ3v) is 6.34. The highest BCUT2D eigenvalue weighted by Crippen LogP contribution is 2.39. The number of guanidine groups is 1. The number of fused-ring (bicyclic) bond motifs is 1. The van der Waals surface area contributed by atoms with Crippen molar-refractivity contribution in [2.24, 2.45) is 10.4 Å². The van der Waals surface area contributed by atoms with Crippen molar-refractivity contribution in [2.45, 2.75) is 84.2 Å². The van der Waals surface area contributed by atoms with Crippen LogP contribution in [0.15, 0.2) is 9.79 Å². The van der Waals surface area contributed by atoms with Crippen molar-refractivity contribution in [3.8, 4) is 0 Å². The summed E-state index contributed by atoms with van der Waals surface area (Å²) in [5.41, 5.74) is 0.182. The van der Waals surface area contributed by atoms with Crippen LogP contribution in [0.4, 0.5) is 0 Å². The zero-order valence-electron chi connectivity index (χ0n) is 18.0. The molecule has 8 nitrogen and oxygen atoms in total. The smallest absolute Gasteiger partial charge is 0.345 e. The molecule has 0 saturated heterocycles. The summed E-state index contributed by atoms with van der Waals surface area (Å²) in [6, 6.07) is 0. The van der Waals surface area contributed by atoms with E-state index in [-0.39, 0.29) is 17.7 Å². The average molecular weight is 407 g/mol. The number of aryl methyl sites for hydroxylation is 2. The molecule has 3 rings (SSSR count). The number of aliphatic imine (C=N–C) groups is 1. The number of nitrogens with one attached hydrogen (secondary N) is 2. The highest BCUT2D eigenvalue weighted by atomic mass is 16.3. The van der Waals surface area contributed by atoms with E-state index in [0.717, 1.165) is 82.9 Å². The Hall–Kier alpha value is -1.83. The summed E-state index contributed by atoms with van der Waals surface area (Å²) in [5, 5.41) is 20.7. The highest BCUT2D eigenvalue weighted by Gasteiger charge is 2.31. The summed E-state index contributed by atoms with van der Waals surface area (Å²) in [4.78, 5) is 17.2. The maximum Gasteiger partial charge on any atom is 0.345 e. The third-order valence-electron chi connectivity index (χ3n) is 6.34. The van der Waals surface area contributed by atoms with E-state index in [2.05, 4.69) is 22.7 Å². The molecule has 0 radical (unpaired) electrons. The number of nitrogens with zero attached hydrogens (tertiary/aromatic N) is 4. The Morgan fingerprint density at radius 2 is 2.03 bits per heavy atom. The van der Waals surface area contributed by atoms with Crippen LogP contribution in [0, 0.1) is 5.41 Å². The largest absolute Gasteiger partial charge is 0.396 e. The van der Waals surface area contributed by atoms with Crippen molar-refractivity contribution in [3.05, 3.63) is 16.3 Å². The van der Waals surface area contributed by atoms with Crippen LogP contribution in [0.3, 0.4) is 0 Å². The minimum atomic E-state index is 0.0310. The summed E-state index contributed by atoms with van der Waals surface area (Å²) in [6.07, 6.45) is 10.9. The van der Waals surface area contributed by atoms with Crippen molar-refractivity contribution in [2.75, 3.05) is 26.2 Å². The molecule has 2 aliphatic rings. The number of hydrogen-bond donors (Lipinski definition) is 3. The maximum atomic E-state index is 12.4. The van der Waals surface area contributed by atoms with E-state index in [4.69, 9.17) is 4.99 Å². The molecule has 1 aliphatic heterocycles. The Labute approximate surface area is 173 Å². The van der Waals surface area contributed by atoms with Gasteiger partial charge in [0.05, 0.1) is 0 Å². The Balaban J connectivity index is 1.51. The van der Waals surface area contributed by atoms with Gasteiger partial charge in [0.15, 0.2) is 5.96 Å². The lowest BCUT2D eigenvalue weighted by Crippen LogP contribution is -2.40. The number of hydrogen-bond acceptors (Lipinski definition) is 4. The molecule has 0 atom stereocenters. The molecule has 29 heavy (non-hydrogen) atoms. The summed E-state index contributed by atoms with van der Waals surface area (Å²) in [6.45, 7) is 6.05. The summed E-state index contributed by atoms with van der Waals surface area (Å²) >= 11 is 0. The van der Waals surface area contributed by atoms with Crippen molar-refractivity contribution in [1.82, 2.24) is 25.0 Å². The van der Waals surface area contributed by atoms with Gasteiger partial charge >= 0.3 is 5.69 Å². The lowest BCUT2D eigenvalue weighted by molar-refractivity contribution is 0.137. The van der Waals surface area contributed by atoms with E-state index in [1.54, 1.807) is 4.68 Å². The molecule has 0 bridgehead atoms. The summed E-state index contributed by atoms with van der Waals surface area (Å²) in [5.74, 6) is 1.76. The van der Waals surface area contributed by atoms with Gasteiger partial charge in [0.1, 0.15) is 5.82 Å². The second kappa shape index (κ2) is 10.8. The Morgan fingerprint density at radius 1 is 1.21 bits per heavy atom. The number of rotatable bonds is 9. The molecule has 1 fully saturated rings. The van der Waals surface area contributed by atoms with Crippen LogP contribution in [-0.2, 0) is 19.5 Å². The first-order valence-electron chi connectivity index (χ1n) is 11.5. The molecule has 1 saturated carbocycles. The maximum absolute atomic E-state index is 12.4. The SMILES string of the molecule is CCNC(=NCC1(CCO)CCCCC1)NCCCn1nc2n(c1=O)CCCC2. The molecular weight excluding hydrogens is 368 g/mol. The first-order valence-corrected chi connectivity index (χ1v) is 11.5. The quantitative estimate of drug-likeness (QED) is 0.329. The molecule has 3 N–H and O–H groups in total. The fourth-order valence-corrected chi connectivity index (χ4v) is 4.64. The molecule has 1 aromatic heterocycles. The van der Waals surface area contributed by atoms with Crippen LogP contribution in [0.5, 0.6) is 0 Å². The predicted molar refractivity (Wildman–Crippen MR) is 115 cm³/mol. The van der Waals surface area contributed by atoms with Crippen molar-refractivity contribution < 1.29 is 5.11 Å². The molecule has 1 aliphatic carbocycles. The second-order valence-corrected chi connectivity index (χ2v) is 8.54. The molecule has 164 valence electrons. The Morgan fingerprint density at radius 3 is 2.76 bits per heavy atom. The standard InChI is InChI=1S/C21H38N6O2/c1-2-22-19(24-17-21(12-16-28)10-5-3-6-11-21)23-13-8-15-27-20(29)26-14-7-4-9-18(26)25-27/h28H,2-17H2,1H3,(H2,22,23,24). The molecule has 0 spiro atoms. The Bertz CT molecular complexity index is 712. The van der Waals surface area contributed by atoms with Crippen molar-refractivity contribution in [1.29, 1.82) is 0 Å². The van der Waals surface area contributed by atoms with Gasteiger partial charge in [0.2, 0.25) is 0 Å². The van der Waals surface area contributed by atoms with Gasteiger partial charge in [0, 0.05) is 45.8 Å². The third kappa shape index (κ3) is 5.84. The van der Waals surface area contributed by atoms with Gasteiger partial charge in [-0.25, -0.2) is 9.48 Å². The number of aliphatic hydroxyl groups excluding tert-OH is 1. The molecular formula is C21H38N6O2. The van der Waals surface area contributed by atoms with E-state index >= 15 is 0 Å². The first-order chi connectivity index (χ1) is 14.2. The normalized spacial score (nSPS) is 19.0. The van der Waals surface area contributed by atoms with Gasteiger partial charge in [-0.3, -0.25) is 9.56 Å². The molecule has 0 amide bonds. The highest BCUT2D eigenvalue weighted by molar-refractivity contribution is 5.79. The van der Waals surface area contributed by atoms with Crippen molar-refractivity contribution in [3.63, 3.8) is 0 Å². The topological polar surface area (TPSA) is 96.5 Å². The van der Waals surface area contributed by atoms with Crippen LogP contribution in [0.25, 0.3) is 0 Å². The summed E-state index contributed by atoms with van der Waals surface area (Å²) < 4.78 is 3.44. The van der Waals surface area contributed by atoms with Crippen LogP contribution < -0.4 is 16.3 Å². The second-order valence-electron chi connectivity index (χ2n) is 8.54. The van der Waals surface area contributed by atoms with Crippen LogP contribution in [0.2, 0.25) is 0 Å². The van der Waals surface area contributed by atoms with E-state index in [9.17, 15) is 9.90 Å². The van der Waals surface area contributed by atoms with Crippen LogP contribution in [-0.4, -0.2) is 51.7 Å². The molecule has 0 aromatic carbocycles. The monoisotopic (exact) mass is 406 g/mol. The van der Waals surface area contributed by atoms with E-state index in [1.807, 2.05) is 4.57 Å².